The van der Waals surface area contributed by atoms with Crippen LogP contribution in [0.5, 0.6) is 0 Å². The van der Waals surface area contributed by atoms with Crippen LogP contribution < -0.4 is 10.6 Å². The molecule has 0 spiro atoms. The van der Waals surface area contributed by atoms with E-state index in [2.05, 4.69) is 53.4 Å². The molecule has 1 aromatic heterocycles. The van der Waals surface area contributed by atoms with Crippen molar-refractivity contribution < 1.29 is 4.42 Å². The summed E-state index contributed by atoms with van der Waals surface area (Å²) in [5.41, 5.74) is 13.5. The quantitative estimate of drug-likeness (QED) is 0.267. The minimum Gasteiger partial charge on any atom is -0.455 e. The van der Waals surface area contributed by atoms with Gasteiger partial charge in [0.2, 0.25) is 0 Å². The molecule has 4 aromatic carbocycles. The van der Waals surface area contributed by atoms with Crippen molar-refractivity contribution in [1.82, 2.24) is 0 Å². The molecule has 0 fully saturated rings. The first-order chi connectivity index (χ1) is 15.8. The van der Waals surface area contributed by atoms with Crippen LogP contribution in [0.1, 0.15) is 5.56 Å². The molecular formula is C28H21N3O. The Morgan fingerprint density at radius 2 is 1.34 bits per heavy atom. The first kappa shape index (κ1) is 18.5. The summed E-state index contributed by atoms with van der Waals surface area (Å²) in [5, 5.41) is 1.11. The second-order valence-corrected chi connectivity index (χ2v) is 7.82. The van der Waals surface area contributed by atoms with Crippen molar-refractivity contribution in [3.05, 3.63) is 109 Å². The van der Waals surface area contributed by atoms with Crippen LogP contribution in [0.2, 0.25) is 0 Å². The fourth-order valence-electron chi connectivity index (χ4n) is 4.45. The predicted molar refractivity (Wildman–Crippen MR) is 131 cm³/mol. The van der Waals surface area contributed by atoms with Crippen molar-refractivity contribution in [2.75, 3.05) is 11.6 Å². The van der Waals surface area contributed by atoms with Gasteiger partial charge in [-0.25, -0.2) is 4.99 Å². The maximum absolute atomic E-state index is 6.41. The number of benzene rings is 4. The molecule has 1 aliphatic heterocycles. The average Bonchev–Trinajstić information content (AvgIpc) is 3.19. The van der Waals surface area contributed by atoms with Gasteiger partial charge in [0, 0.05) is 27.6 Å². The summed E-state index contributed by atoms with van der Waals surface area (Å²) in [4.78, 5) is 6.97. The highest BCUT2D eigenvalue weighted by atomic mass is 16.3. The summed E-state index contributed by atoms with van der Waals surface area (Å²) in [5.74, 6) is 1.41. The second kappa shape index (κ2) is 7.43. The Morgan fingerprint density at radius 3 is 2.16 bits per heavy atom. The zero-order valence-corrected chi connectivity index (χ0v) is 17.4. The van der Waals surface area contributed by atoms with E-state index < -0.39 is 0 Å². The minimum absolute atomic E-state index is 0.400. The molecule has 0 bridgehead atoms. The van der Waals surface area contributed by atoms with Gasteiger partial charge < -0.3 is 15.1 Å². The standard InChI is InChI=1S/C28H21N3O/c29-28(19-10-2-1-3-11-19)30-18-31-23-15-7-4-12-20(23)26-22-14-6-9-17-25(22)32-27(26)21-13-5-8-16-24(21)31/h1-17H,18H2,(H2,29,30). The molecule has 4 nitrogen and oxygen atoms in total. The number of para-hydroxylation sites is 3. The number of anilines is 2. The van der Waals surface area contributed by atoms with Crippen molar-refractivity contribution >= 4 is 28.2 Å². The summed E-state index contributed by atoms with van der Waals surface area (Å²) in [6, 6.07) is 34.8. The van der Waals surface area contributed by atoms with E-state index in [1.54, 1.807) is 0 Å². The molecule has 4 heteroatoms. The van der Waals surface area contributed by atoms with Gasteiger partial charge in [-0.3, -0.25) is 0 Å². The fourth-order valence-corrected chi connectivity index (χ4v) is 4.45. The van der Waals surface area contributed by atoms with Crippen LogP contribution in [0.3, 0.4) is 0 Å². The fraction of sp³-hybridized carbons (Fsp3) is 0.0357. The van der Waals surface area contributed by atoms with Gasteiger partial charge in [0.05, 0.1) is 11.4 Å². The number of fused-ring (bicyclic) bond motifs is 7. The van der Waals surface area contributed by atoms with E-state index in [1.165, 1.54) is 0 Å². The molecule has 0 atom stereocenters. The molecule has 0 radical (unpaired) electrons. The molecule has 2 heterocycles. The van der Waals surface area contributed by atoms with Crippen LogP contribution in [-0.2, 0) is 0 Å². The maximum atomic E-state index is 6.41. The number of furan rings is 1. The van der Waals surface area contributed by atoms with E-state index in [-0.39, 0.29) is 0 Å². The number of aliphatic imine (C=N–C) groups is 1. The number of amidine groups is 1. The Morgan fingerprint density at radius 1 is 0.719 bits per heavy atom. The van der Waals surface area contributed by atoms with Crippen molar-refractivity contribution in [3.63, 3.8) is 0 Å². The summed E-state index contributed by atoms with van der Waals surface area (Å²) < 4.78 is 6.41. The summed E-state index contributed by atoms with van der Waals surface area (Å²) in [6.45, 7) is 0.400. The first-order valence-electron chi connectivity index (χ1n) is 10.6. The van der Waals surface area contributed by atoms with Crippen LogP contribution >= 0.6 is 0 Å². The second-order valence-electron chi connectivity index (χ2n) is 7.82. The molecule has 154 valence electrons. The van der Waals surface area contributed by atoms with E-state index in [0.29, 0.717) is 12.5 Å². The van der Waals surface area contributed by atoms with E-state index >= 15 is 0 Å². The molecule has 0 aliphatic carbocycles. The normalized spacial score (nSPS) is 12.8. The lowest BCUT2D eigenvalue weighted by Crippen LogP contribution is -2.22. The van der Waals surface area contributed by atoms with Gasteiger partial charge in [-0.15, -0.1) is 0 Å². The summed E-state index contributed by atoms with van der Waals surface area (Å²) in [6.07, 6.45) is 0. The maximum Gasteiger partial charge on any atom is 0.145 e. The number of hydrogen-bond acceptors (Lipinski definition) is 3. The van der Waals surface area contributed by atoms with Gasteiger partial charge in [0.25, 0.3) is 0 Å². The molecule has 1 aliphatic rings. The number of rotatable bonds is 3. The van der Waals surface area contributed by atoms with Gasteiger partial charge in [0.1, 0.15) is 23.8 Å². The minimum atomic E-state index is 0.400. The Kier molecular flexibility index (Phi) is 4.29. The van der Waals surface area contributed by atoms with Crippen LogP contribution in [0, 0.1) is 0 Å². The molecular weight excluding hydrogens is 394 g/mol. The third kappa shape index (κ3) is 2.88. The highest BCUT2D eigenvalue weighted by Crippen LogP contribution is 2.51. The Labute approximate surface area is 186 Å². The van der Waals surface area contributed by atoms with Crippen molar-refractivity contribution in [1.29, 1.82) is 0 Å². The zero-order valence-electron chi connectivity index (χ0n) is 17.4. The smallest absolute Gasteiger partial charge is 0.145 e. The number of nitrogens with zero attached hydrogens (tertiary/aromatic N) is 2. The van der Waals surface area contributed by atoms with Gasteiger partial charge in [-0.2, -0.15) is 0 Å². The van der Waals surface area contributed by atoms with Crippen LogP contribution in [0.15, 0.2) is 113 Å². The lowest BCUT2D eigenvalue weighted by atomic mass is 9.98. The van der Waals surface area contributed by atoms with Crippen molar-refractivity contribution in [3.8, 4) is 22.5 Å². The van der Waals surface area contributed by atoms with Crippen molar-refractivity contribution in [2.45, 2.75) is 0 Å². The van der Waals surface area contributed by atoms with Crippen LogP contribution in [0.25, 0.3) is 33.4 Å². The Bertz CT molecular complexity index is 1470. The Balaban J connectivity index is 1.57. The molecule has 0 unspecified atom stereocenters. The molecule has 0 saturated heterocycles. The molecule has 5 aromatic rings. The first-order valence-corrected chi connectivity index (χ1v) is 10.6. The molecule has 0 saturated carbocycles. The SMILES string of the molecule is N/C(=N\CN1c2ccccc2-c2oc3ccccc3c2-c2ccccc21)c1ccccc1. The topological polar surface area (TPSA) is 54.8 Å². The molecule has 0 amide bonds. The highest BCUT2D eigenvalue weighted by molar-refractivity contribution is 6.08. The summed E-state index contributed by atoms with van der Waals surface area (Å²) in [7, 11) is 0. The highest BCUT2D eigenvalue weighted by Gasteiger charge is 2.28. The average molecular weight is 415 g/mol. The molecule has 6 rings (SSSR count). The monoisotopic (exact) mass is 415 g/mol. The van der Waals surface area contributed by atoms with Gasteiger partial charge in [-0.05, 0) is 24.3 Å². The zero-order chi connectivity index (χ0) is 21.5. The third-order valence-corrected chi connectivity index (χ3v) is 5.95. The molecule has 32 heavy (non-hydrogen) atoms. The Hall–Kier alpha value is -4.31. The third-order valence-electron chi connectivity index (χ3n) is 5.95. The van der Waals surface area contributed by atoms with Crippen LogP contribution in [-0.4, -0.2) is 12.5 Å². The van der Waals surface area contributed by atoms with Crippen LogP contribution in [0.4, 0.5) is 11.4 Å². The van der Waals surface area contributed by atoms with Gasteiger partial charge in [0.15, 0.2) is 0 Å². The van der Waals surface area contributed by atoms with E-state index in [9.17, 15) is 0 Å². The predicted octanol–water partition coefficient (Wildman–Crippen LogP) is 6.58. The van der Waals surface area contributed by atoms with Gasteiger partial charge >= 0.3 is 0 Å². The lowest BCUT2D eigenvalue weighted by molar-refractivity contribution is 0.632. The van der Waals surface area contributed by atoms with E-state index in [4.69, 9.17) is 15.1 Å². The van der Waals surface area contributed by atoms with E-state index in [0.717, 1.165) is 50.4 Å². The summed E-state index contributed by atoms with van der Waals surface area (Å²) >= 11 is 0. The largest absolute Gasteiger partial charge is 0.455 e. The molecule has 2 N–H and O–H groups in total. The number of hydrogen-bond donors (Lipinski definition) is 1. The lowest BCUT2D eigenvalue weighted by Gasteiger charge is -2.25. The van der Waals surface area contributed by atoms with Gasteiger partial charge in [-0.1, -0.05) is 78.9 Å². The van der Waals surface area contributed by atoms with Crippen molar-refractivity contribution in [2.24, 2.45) is 10.7 Å². The number of nitrogens with two attached hydrogens (primary N) is 1. The van der Waals surface area contributed by atoms with E-state index in [1.807, 2.05) is 54.6 Å².